The molecular formula is C16H12ClFN2O. The zero-order chi connectivity index (χ0) is 15.0. The van der Waals surface area contributed by atoms with Crippen LogP contribution in [0.5, 0.6) is 0 Å². The molecule has 2 N–H and O–H groups in total. The van der Waals surface area contributed by atoms with Crippen molar-refractivity contribution in [3.05, 3.63) is 58.9 Å². The van der Waals surface area contributed by atoms with Crippen LogP contribution < -0.4 is 5.73 Å². The second-order valence-corrected chi connectivity index (χ2v) is 5.14. The van der Waals surface area contributed by atoms with Crippen LogP contribution in [0.2, 0.25) is 5.02 Å². The van der Waals surface area contributed by atoms with Crippen LogP contribution in [-0.4, -0.2) is 5.16 Å². The standard InChI is InChI=1S/C16H12ClFN2O/c1-9-5-7-10(8-6-9)15-14(16(19)21-20-15)13-11(17)3-2-4-12(13)18/h2-8H,19H2,1H3. The lowest BCUT2D eigenvalue weighted by atomic mass is 10.00. The second-order valence-electron chi connectivity index (χ2n) is 4.73. The number of nitrogens with zero attached hydrogens (tertiary/aromatic N) is 1. The Kier molecular flexibility index (Phi) is 3.39. The van der Waals surface area contributed by atoms with Gasteiger partial charge in [-0.2, -0.15) is 0 Å². The molecular weight excluding hydrogens is 291 g/mol. The van der Waals surface area contributed by atoms with Gasteiger partial charge in [0.25, 0.3) is 0 Å². The molecule has 0 aliphatic rings. The number of hydrogen-bond acceptors (Lipinski definition) is 3. The fraction of sp³-hybridized carbons (Fsp3) is 0.0625. The van der Waals surface area contributed by atoms with Crippen LogP contribution in [-0.2, 0) is 0 Å². The molecule has 0 saturated heterocycles. The van der Waals surface area contributed by atoms with Crippen molar-refractivity contribution in [2.75, 3.05) is 5.73 Å². The van der Waals surface area contributed by atoms with E-state index in [0.29, 0.717) is 11.3 Å². The molecule has 2 aromatic carbocycles. The Bertz CT molecular complexity index is 776. The number of hydrogen-bond donors (Lipinski definition) is 1. The number of nitrogen functional groups attached to an aromatic ring is 1. The lowest BCUT2D eigenvalue weighted by Crippen LogP contribution is -1.92. The molecule has 21 heavy (non-hydrogen) atoms. The van der Waals surface area contributed by atoms with Gasteiger partial charge in [-0.3, -0.25) is 0 Å². The largest absolute Gasteiger partial charge is 0.367 e. The van der Waals surface area contributed by atoms with Gasteiger partial charge in [0.1, 0.15) is 11.5 Å². The summed E-state index contributed by atoms with van der Waals surface area (Å²) < 4.78 is 19.2. The van der Waals surface area contributed by atoms with E-state index >= 15 is 0 Å². The summed E-state index contributed by atoms with van der Waals surface area (Å²) in [5.74, 6) is -0.427. The van der Waals surface area contributed by atoms with E-state index in [9.17, 15) is 4.39 Å². The van der Waals surface area contributed by atoms with Crippen molar-refractivity contribution in [3.63, 3.8) is 0 Å². The Labute approximate surface area is 126 Å². The number of rotatable bonds is 2. The molecule has 0 fully saturated rings. The summed E-state index contributed by atoms with van der Waals surface area (Å²) in [6.07, 6.45) is 0. The molecule has 3 nitrogen and oxygen atoms in total. The van der Waals surface area contributed by atoms with Crippen LogP contribution in [0.4, 0.5) is 10.3 Å². The molecule has 0 saturated carbocycles. The van der Waals surface area contributed by atoms with E-state index in [-0.39, 0.29) is 16.5 Å². The Hall–Kier alpha value is -2.33. The predicted octanol–water partition coefficient (Wildman–Crippen LogP) is 4.69. The summed E-state index contributed by atoms with van der Waals surface area (Å²) in [4.78, 5) is 0. The second kappa shape index (κ2) is 5.22. The average molecular weight is 303 g/mol. The molecule has 3 rings (SSSR count). The molecule has 0 aliphatic carbocycles. The fourth-order valence-corrected chi connectivity index (χ4v) is 2.45. The first-order valence-electron chi connectivity index (χ1n) is 6.34. The van der Waals surface area contributed by atoms with Crippen LogP contribution >= 0.6 is 11.6 Å². The van der Waals surface area contributed by atoms with E-state index in [4.69, 9.17) is 21.9 Å². The maximum atomic E-state index is 14.1. The number of nitrogens with two attached hydrogens (primary N) is 1. The third-order valence-corrected chi connectivity index (χ3v) is 3.57. The van der Waals surface area contributed by atoms with Gasteiger partial charge in [0.05, 0.1) is 10.6 Å². The Morgan fingerprint density at radius 2 is 1.81 bits per heavy atom. The van der Waals surface area contributed by atoms with Gasteiger partial charge in [-0.05, 0) is 19.1 Å². The van der Waals surface area contributed by atoms with Gasteiger partial charge < -0.3 is 10.3 Å². The minimum atomic E-state index is -0.467. The smallest absolute Gasteiger partial charge is 0.230 e. The zero-order valence-electron chi connectivity index (χ0n) is 11.2. The van der Waals surface area contributed by atoms with Crippen LogP contribution in [0.15, 0.2) is 47.0 Å². The van der Waals surface area contributed by atoms with Crippen molar-refractivity contribution in [1.82, 2.24) is 5.16 Å². The molecule has 0 radical (unpaired) electrons. The van der Waals surface area contributed by atoms with E-state index in [0.717, 1.165) is 11.1 Å². The van der Waals surface area contributed by atoms with Gasteiger partial charge in [0.15, 0.2) is 0 Å². The van der Waals surface area contributed by atoms with E-state index < -0.39 is 5.82 Å². The van der Waals surface area contributed by atoms with Gasteiger partial charge in [-0.1, -0.05) is 52.7 Å². The minimum absolute atomic E-state index is 0.0394. The molecule has 0 amide bonds. The van der Waals surface area contributed by atoms with Crippen LogP contribution in [0.25, 0.3) is 22.4 Å². The van der Waals surface area contributed by atoms with Gasteiger partial charge in [0, 0.05) is 11.1 Å². The summed E-state index contributed by atoms with van der Waals surface area (Å²) in [6.45, 7) is 1.98. The molecule has 0 unspecified atom stereocenters. The van der Waals surface area contributed by atoms with Gasteiger partial charge >= 0.3 is 0 Å². The van der Waals surface area contributed by atoms with E-state index in [1.807, 2.05) is 31.2 Å². The normalized spacial score (nSPS) is 10.8. The molecule has 106 valence electrons. The van der Waals surface area contributed by atoms with E-state index in [1.165, 1.54) is 12.1 Å². The topological polar surface area (TPSA) is 52.0 Å². The van der Waals surface area contributed by atoms with E-state index in [1.54, 1.807) is 6.07 Å². The Morgan fingerprint density at radius 1 is 1.10 bits per heavy atom. The van der Waals surface area contributed by atoms with Crippen LogP contribution in [0.3, 0.4) is 0 Å². The quantitative estimate of drug-likeness (QED) is 0.747. The summed E-state index contributed by atoms with van der Waals surface area (Å²) >= 11 is 6.11. The van der Waals surface area contributed by atoms with Crippen LogP contribution in [0.1, 0.15) is 5.56 Å². The first-order chi connectivity index (χ1) is 10.1. The van der Waals surface area contributed by atoms with Gasteiger partial charge in [0.2, 0.25) is 5.88 Å². The summed E-state index contributed by atoms with van der Waals surface area (Å²) in [5.41, 5.74) is 8.77. The maximum absolute atomic E-state index is 14.1. The summed E-state index contributed by atoms with van der Waals surface area (Å²) in [5, 5.41) is 4.21. The molecule has 1 aromatic heterocycles. The zero-order valence-corrected chi connectivity index (χ0v) is 12.0. The number of benzene rings is 2. The van der Waals surface area contributed by atoms with Crippen molar-refractivity contribution in [1.29, 1.82) is 0 Å². The minimum Gasteiger partial charge on any atom is -0.367 e. The first kappa shape index (κ1) is 13.6. The lowest BCUT2D eigenvalue weighted by Gasteiger charge is -2.06. The molecule has 5 heteroatoms. The molecule has 0 aliphatic heterocycles. The highest BCUT2D eigenvalue weighted by Gasteiger charge is 2.22. The van der Waals surface area contributed by atoms with Crippen molar-refractivity contribution < 1.29 is 8.91 Å². The highest BCUT2D eigenvalue weighted by molar-refractivity contribution is 6.33. The fourth-order valence-electron chi connectivity index (χ4n) is 2.19. The number of halogens is 2. The molecule has 0 spiro atoms. The highest BCUT2D eigenvalue weighted by Crippen LogP contribution is 2.40. The van der Waals surface area contributed by atoms with Crippen LogP contribution in [0, 0.1) is 12.7 Å². The molecule has 3 aromatic rings. The van der Waals surface area contributed by atoms with Gasteiger partial charge in [-0.25, -0.2) is 4.39 Å². The monoisotopic (exact) mass is 302 g/mol. The SMILES string of the molecule is Cc1ccc(-c2noc(N)c2-c2c(F)cccc2Cl)cc1. The van der Waals surface area contributed by atoms with Crippen molar-refractivity contribution in [2.45, 2.75) is 6.92 Å². The molecule has 1 heterocycles. The molecule has 0 atom stereocenters. The highest BCUT2D eigenvalue weighted by atomic mass is 35.5. The third kappa shape index (κ3) is 2.38. The van der Waals surface area contributed by atoms with Gasteiger partial charge in [-0.15, -0.1) is 0 Å². The van der Waals surface area contributed by atoms with E-state index in [2.05, 4.69) is 5.16 Å². The molecule has 0 bridgehead atoms. The number of aromatic nitrogens is 1. The Balaban J connectivity index is 2.25. The first-order valence-corrected chi connectivity index (χ1v) is 6.72. The summed E-state index contributed by atoms with van der Waals surface area (Å²) in [6, 6.07) is 12.1. The lowest BCUT2D eigenvalue weighted by molar-refractivity contribution is 0.439. The number of anilines is 1. The number of aryl methyl sites for hydroxylation is 1. The predicted molar refractivity (Wildman–Crippen MR) is 81.5 cm³/mol. The average Bonchev–Trinajstić information content (AvgIpc) is 2.82. The Morgan fingerprint density at radius 3 is 2.48 bits per heavy atom. The maximum Gasteiger partial charge on any atom is 0.230 e. The summed E-state index contributed by atoms with van der Waals surface area (Å²) in [7, 11) is 0. The van der Waals surface area contributed by atoms with Crippen molar-refractivity contribution in [2.24, 2.45) is 0 Å². The van der Waals surface area contributed by atoms with Crippen molar-refractivity contribution in [3.8, 4) is 22.4 Å². The van der Waals surface area contributed by atoms with Crippen molar-refractivity contribution >= 4 is 17.5 Å². The third-order valence-electron chi connectivity index (χ3n) is 3.26.